The SMILES string of the molecule is Cc1c(N=CC=Cc2ccc([N+](=O)[O-])cc2)cccc1-c1nc2ccccc2o1. The van der Waals surface area contributed by atoms with Crippen molar-refractivity contribution in [1.29, 1.82) is 0 Å². The molecule has 0 saturated carbocycles. The molecule has 0 atom stereocenters. The minimum Gasteiger partial charge on any atom is -0.436 e. The summed E-state index contributed by atoms with van der Waals surface area (Å²) in [5.41, 5.74) is 5.19. The minimum atomic E-state index is -0.415. The highest BCUT2D eigenvalue weighted by Crippen LogP contribution is 2.31. The van der Waals surface area contributed by atoms with Gasteiger partial charge in [0.1, 0.15) is 5.52 Å². The van der Waals surface area contributed by atoms with Crippen LogP contribution in [0.4, 0.5) is 11.4 Å². The van der Waals surface area contributed by atoms with Crippen LogP contribution in [0.1, 0.15) is 11.1 Å². The summed E-state index contributed by atoms with van der Waals surface area (Å²) in [4.78, 5) is 19.4. The Morgan fingerprint density at radius 1 is 1.03 bits per heavy atom. The summed E-state index contributed by atoms with van der Waals surface area (Å²) in [6.07, 6.45) is 5.33. The molecule has 0 unspecified atom stereocenters. The smallest absolute Gasteiger partial charge is 0.269 e. The Labute approximate surface area is 167 Å². The van der Waals surface area contributed by atoms with Crippen LogP contribution in [0, 0.1) is 17.0 Å². The first-order valence-electron chi connectivity index (χ1n) is 9.02. The molecule has 1 heterocycles. The molecule has 0 N–H and O–H groups in total. The van der Waals surface area contributed by atoms with Gasteiger partial charge in [-0.05, 0) is 60.5 Å². The Balaban J connectivity index is 1.54. The van der Waals surface area contributed by atoms with Gasteiger partial charge in [-0.3, -0.25) is 15.1 Å². The number of benzene rings is 3. The molecule has 6 nitrogen and oxygen atoms in total. The Morgan fingerprint density at radius 2 is 1.83 bits per heavy atom. The number of nitro benzene ring substituents is 1. The molecule has 29 heavy (non-hydrogen) atoms. The maximum Gasteiger partial charge on any atom is 0.269 e. The maximum absolute atomic E-state index is 10.7. The fraction of sp³-hybridized carbons (Fsp3) is 0.0435. The van der Waals surface area contributed by atoms with Gasteiger partial charge in [-0.15, -0.1) is 0 Å². The Hall–Kier alpha value is -4.06. The van der Waals surface area contributed by atoms with E-state index in [0.717, 1.165) is 33.5 Å². The zero-order valence-electron chi connectivity index (χ0n) is 15.6. The van der Waals surface area contributed by atoms with E-state index < -0.39 is 4.92 Å². The number of oxazole rings is 1. The zero-order valence-corrected chi connectivity index (χ0v) is 15.6. The average Bonchev–Trinajstić information content (AvgIpc) is 3.16. The topological polar surface area (TPSA) is 81.5 Å². The molecule has 0 aliphatic rings. The number of aromatic nitrogens is 1. The molecule has 0 fully saturated rings. The lowest BCUT2D eigenvalue weighted by Gasteiger charge is -2.04. The number of nitrogens with zero attached hydrogens (tertiary/aromatic N) is 3. The number of hydrogen-bond donors (Lipinski definition) is 0. The van der Waals surface area contributed by atoms with E-state index in [1.54, 1.807) is 24.4 Å². The summed E-state index contributed by atoms with van der Waals surface area (Å²) >= 11 is 0. The first-order valence-corrected chi connectivity index (χ1v) is 9.02. The fourth-order valence-electron chi connectivity index (χ4n) is 2.97. The number of nitro groups is 1. The normalized spacial score (nSPS) is 11.6. The third-order valence-electron chi connectivity index (χ3n) is 4.52. The molecule has 1 aromatic heterocycles. The predicted molar refractivity (Wildman–Crippen MR) is 114 cm³/mol. The van der Waals surface area contributed by atoms with Crippen LogP contribution in [0.15, 0.2) is 82.2 Å². The van der Waals surface area contributed by atoms with Crippen molar-refractivity contribution in [2.45, 2.75) is 6.92 Å². The van der Waals surface area contributed by atoms with Gasteiger partial charge < -0.3 is 4.42 Å². The minimum absolute atomic E-state index is 0.0717. The van der Waals surface area contributed by atoms with Crippen LogP contribution in [0.5, 0.6) is 0 Å². The molecule has 0 radical (unpaired) electrons. The van der Waals surface area contributed by atoms with E-state index in [1.807, 2.05) is 55.5 Å². The molecule has 0 amide bonds. The van der Waals surface area contributed by atoms with Gasteiger partial charge >= 0.3 is 0 Å². The lowest BCUT2D eigenvalue weighted by Crippen LogP contribution is -1.86. The summed E-state index contributed by atoms with van der Waals surface area (Å²) in [6.45, 7) is 1.98. The van der Waals surface area contributed by atoms with E-state index in [9.17, 15) is 10.1 Å². The molecule has 0 saturated heterocycles. The lowest BCUT2D eigenvalue weighted by atomic mass is 10.1. The third-order valence-corrected chi connectivity index (χ3v) is 4.52. The van der Waals surface area contributed by atoms with E-state index in [1.165, 1.54) is 12.1 Å². The molecular formula is C23H17N3O3. The van der Waals surface area contributed by atoms with Crippen molar-refractivity contribution >= 4 is 34.8 Å². The van der Waals surface area contributed by atoms with Gasteiger partial charge in [0.05, 0.1) is 10.6 Å². The largest absolute Gasteiger partial charge is 0.436 e. The number of aliphatic imine (C=N–C) groups is 1. The predicted octanol–water partition coefficient (Wildman–Crippen LogP) is 6.13. The van der Waals surface area contributed by atoms with Gasteiger partial charge in [-0.1, -0.05) is 24.3 Å². The summed E-state index contributed by atoms with van der Waals surface area (Å²) in [5, 5.41) is 10.7. The second-order valence-corrected chi connectivity index (χ2v) is 6.42. The van der Waals surface area contributed by atoms with Crippen molar-refractivity contribution in [2.24, 2.45) is 4.99 Å². The van der Waals surface area contributed by atoms with Crippen LogP contribution in [-0.4, -0.2) is 16.1 Å². The number of hydrogen-bond acceptors (Lipinski definition) is 5. The third kappa shape index (κ3) is 3.96. The number of allylic oxidation sites excluding steroid dienone is 1. The van der Waals surface area contributed by atoms with E-state index in [0.29, 0.717) is 5.89 Å². The first-order chi connectivity index (χ1) is 14.1. The molecule has 4 aromatic rings. The summed E-state index contributed by atoms with van der Waals surface area (Å²) in [5.74, 6) is 0.571. The van der Waals surface area contributed by atoms with Gasteiger partial charge in [-0.2, -0.15) is 0 Å². The second-order valence-electron chi connectivity index (χ2n) is 6.42. The summed E-state index contributed by atoms with van der Waals surface area (Å²) < 4.78 is 5.87. The second kappa shape index (κ2) is 7.90. The van der Waals surface area contributed by atoms with Gasteiger partial charge in [-0.25, -0.2) is 4.98 Å². The van der Waals surface area contributed by atoms with E-state index >= 15 is 0 Å². The van der Waals surface area contributed by atoms with Crippen LogP contribution < -0.4 is 0 Å². The molecule has 3 aromatic carbocycles. The Morgan fingerprint density at radius 3 is 2.59 bits per heavy atom. The summed E-state index contributed by atoms with van der Waals surface area (Å²) in [6, 6.07) is 19.8. The first kappa shape index (κ1) is 18.3. The van der Waals surface area contributed by atoms with Crippen molar-refractivity contribution in [1.82, 2.24) is 4.98 Å². The highest BCUT2D eigenvalue weighted by atomic mass is 16.6. The maximum atomic E-state index is 10.7. The number of non-ortho nitro benzene ring substituents is 1. The van der Waals surface area contributed by atoms with Crippen LogP contribution in [0.25, 0.3) is 28.6 Å². The lowest BCUT2D eigenvalue weighted by molar-refractivity contribution is -0.384. The molecule has 142 valence electrons. The monoisotopic (exact) mass is 383 g/mol. The Bertz CT molecular complexity index is 1200. The van der Waals surface area contributed by atoms with Gasteiger partial charge in [0.2, 0.25) is 5.89 Å². The van der Waals surface area contributed by atoms with Crippen LogP contribution >= 0.6 is 0 Å². The van der Waals surface area contributed by atoms with Gasteiger partial charge in [0.15, 0.2) is 5.58 Å². The highest BCUT2D eigenvalue weighted by molar-refractivity contribution is 5.82. The highest BCUT2D eigenvalue weighted by Gasteiger charge is 2.12. The number of fused-ring (bicyclic) bond motifs is 1. The van der Waals surface area contributed by atoms with Crippen LogP contribution in [0.2, 0.25) is 0 Å². The molecule has 0 aliphatic carbocycles. The van der Waals surface area contributed by atoms with Crippen LogP contribution in [-0.2, 0) is 0 Å². The van der Waals surface area contributed by atoms with Crippen molar-refractivity contribution in [3.63, 3.8) is 0 Å². The van der Waals surface area contributed by atoms with E-state index in [4.69, 9.17) is 4.42 Å². The molecule has 4 rings (SSSR count). The van der Waals surface area contributed by atoms with Crippen molar-refractivity contribution in [3.8, 4) is 11.5 Å². The quantitative estimate of drug-likeness (QED) is 0.236. The molecule has 6 heteroatoms. The number of rotatable bonds is 5. The zero-order chi connectivity index (χ0) is 20.2. The van der Waals surface area contributed by atoms with Crippen molar-refractivity contribution in [3.05, 3.63) is 94.0 Å². The van der Waals surface area contributed by atoms with Crippen molar-refractivity contribution < 1.29 is 9.34 Å². The van der Waals surface area contributed by atoms with Gasteiger partial charge in [0, 0.05) is 23.9 Å². The standard InChI is InChI=1S/C23H17N3O3/c1-16-19(23-25-21-8-2-3-10-22(21)29-23)7-4-9-20(16)24-15-5-6-17-11-13-18(14-12-17)26(27)28/h2-15H,1H3. The average molecular weight is 383 g/mol. The molecular weight excluding hydrogens is 366 g/mol. The molecule has 0 spiro atoms. The van der Waals surface area contributed by atoms with Gasteiger partial charge in [0.25, 0.3) is 5.69 Å². The fourth-order valence-corrected chi connectivity index (χ4v) is 2.97. The Kier molecular flexibility index (Phi) is 4.99. The molecule has 0 bridgehead atoms. The number of para-hydroxylation sites is 2. The van der Waals surface area contributed by atoms with Crippen LogP contribution in [0.3, 0.4) is 0 Å². The molecule has 0 aliphatic heterocycles. The van der Waals surface area contributed by atoms with E-state index in [2.05, 4.69) is 9.98 Å². The van der Waals surface area contributed by atoms with Crippen molar-refractivity contribution in [2.75, 3.05) is 0 Å². The van der Waals surface area contributed by atoms with E-state index in [-0.39, 0.29) is 5.69 Å². The summed E-state index contributed by atoms with van der Waals surface area (Å²) in [7, 11) is 0.